The SMILES string of the molecule is CCOC(=O)C1=Cc2cc(F)c(N3CCC4(C3)OCC(CN)O4)nc2N(C2CC2)C1. The van der Waals surface area contributed by atoms with Crippen molar-refractivity contribution in [3.63, 3.8) is 0 Å². The van der Waals surface area contributed by atoms with Gasteiger partial charge in [0.1, 0.15) is 5.82 Å². The molecule has 5 rings (SSSR count). The van der Waals surface area contributed by atoms with Gasteiger partial charge in [-0.05, 0) is 31.9 Å². The number of nitrogens with two attached hydrogens (primary N) is 1. The van der Waals surface area contributed by atoms with E-state index < -0.39 is 11.6 Å². The lowest BCUT2D eigenvalue weighted by Gasteiger charge is -2.31. The van der Waals surface area contributed by atoms with E-state index in [1.165, 1.54) is 6.07 Å². The average molecular weight is 418 g/mol. The zero-order valence-corrected chi connectivity index (χ0v) is 17.1. The fourth-order valence-electron chi connectivity index (χ4n) is 4.45. The molecule has 2 unspecified atom stereocenters. The molecule has 3 fully saturated rings. The third kappa shape index (κ3) is 3.44. The summed E-state index contributed by atoms with van der Waals surface area (Å²) in [4.78, 5) is 21.0. The number of aromatic nitrogens is 1. The van der Waals surface area contributed by atoms with E-state index in [9.17, 15) is 4.79 Å². The minimum Gasteiger partial charge on any atom is -0.463 e. The number of esters is 1. The smallest absolute Gasteiger partial charge is 0.335 e. The second kappa shape index (κ2) is 7.47. The van der Waals surface area contributed by atoms with E-state index in [2.05, 4.69) is 4.90 Å². The Kier molecular flexibility index (Phi) is 4.91. The molecule has 2 N–H and O–H groups in total. The minimum absolute atomic E-state index is 0.122. The number of carbonyl (C=O) groups is 1. The van der Waals surface area contributed by atoms with Gasteiger partial charge in [0.15, 0.2) is 17.4 Å². The normalized spacial score (nSPS) is 28.1. The summed E-state index contributed by atoms with van der Waals surface area (Å²) in [5.74, 6) is -0.494. The molecule has 2 atom stereocenters. The zero-order valence-electron chi connectivity index (χ0n) is 17.1. The minimum atomic E-state index is -0.735. The van der Waals surface area contributed by atoms with Gasteiger partial charge in [0.25, 0.3) is 0 Å². The van der Waals surface area contributed by atoms with E-state index in [0.717, 1.165) is 18.7 Å². The molecule has 9 heteroatoms. The molecule has 1 spiro atoms. The summed E-state index contributed by atoms with van der Waals surface area (Å²) < 4.78 is 32.1. The summed E-state index contributed by atoms with van der Waals surface area (Å²) in [6, 6.07) is 1.79. The lowest BCUT2D eigenvalue weighted by molar-refractivity contribution is -0.148. The van der Waals surface area contributed by atoms with Crippen molar-refractivity contribution in [1.29, 1.82) is 0 Å². The van der Waals surface area contributed by atoms with Gasteiger partial charge in [0, 0.05) is 31.1 Å². The van der Waals surface area contributed by atoms with Crippen LogP contribution < -0.4 is 15.5 Å². The Balaban J connectivity index is 1.44. The first kappa shape index (κ1) is 19.7. The van der Waals surface area contributed by atoms with Crippen LogP contribution in [0.5, 0.6) is 0 Å². The van der Waals surface area contributed by atoms with Crippen molar-refractivity contribution in [3.8, 4) is 0 Å². The van der Waals surface area contributed by atoms with Crippen molar-refractivity contribution in [2.24, 2.45) is 5.73 Å². The molecule has 162 valence electrons. The summed E-state index contributed by atoms with van der Waals surface area (Å²) in [5, 5.41) is 0. The molecule has 0 radical (unpaired) electrons. The standard InChI is InChI=1S/C21H27FN4O4/c1-2-28-20(27)14-7-13-8-17(22)19(24-18(13)26(10-14)15-3-4-15)25-6-5-21(12-25)29-11-16(9-23)30-21/h7-8,15-16H,2-6,9-12,23H2,1H3. The Labute approximate surface area is 174 Å². The van der Waals surface area contributed by atoms with Crippen molar-refractivity contribution < 1.29 is 23.4 Å². The molecule has 4 aliphatic rings. The van der Waals surface area contributed by atoms with E-state index in [1.807, 2.05) is 4.90 Å². The third-order valence-corrected chi connectivity index (χ3v) is 6.10. The second-order valence-corrected chi connectivity index (χ2v) is 8.32. The summed E-state index contributed by atoms with van der Waals surface area (Å²) in [5.41, 5.74) is 6.84. The molecule has 1 saturated carbocycles. The van der Waals surface area contributed by atoms with Crippen LogP contribution in [0.2, 0.25) is 0 Å². The Morgan fingerprint density at radius 2 is 2.27 bits per heavy atom. The van der Waals surface area contributed by atoms with Crippen molar-refractivity contribution in [1.82, 2.24) is 4.98 Å². The first-order valence-electron chi connectivity index (χ1n) is 10.6. The second-order valence-electron chi connectivity index (χ2n) is 8.32. The maximum atomic E-state index is 15.1. The van der Waals surface area contributed by atoms with Crippen LogP contribution >= 0.6 is 0 Å². The summed E-state index contributed by atoms with van der Waals surface area (Å²) in [6.07, 6.45) is 4.30. The van der Waals surface area contributed by atoms with Crippen LogP contribution in [0.3, 0.4) is 0 Å². The first-order chi connectivity index (χ1) is 14.5. The van der Waals surface area contributed by atoms with Crippen LogP contribution in [0.25, 0.3) is 6.08 Å². The molecular formula is C21H27FN4O4. The molecule has 4 heterocycles. The van der Waals surface area contributed by atoms with Crippen LogP contribution in [-0.4, -0.2) is 68.3 Å². The summed E-state index contributed by atoms with van der Waals surface area (Å²) >= 11 is 0. The molecule has 1 aromatic heterocycles. The number of hydrogen-bond acceptors (Lipinski definition) is 8. The monoisotopic (exact) mass is 418 g/mol. The number of rotatable bonds is 5. The summed E-state index contributed by atoms with van der Waals surface area (Å²) in [6.45, 7) is 4.39. The highest BCUT2D eigenvalue weighted by molar-refractivity contribution is 5.97. The van der Waals surface area contributed by atoms with E-state index in [0.29, 0.717) is 68.8 Å². The molecule has 3 aliphatic heterocycles. The topological polar surface area (TPSA) is 90.1 Å². The predicted octanol–water partition coefficient (Wildman–Crippen LogP) is 1.43. The Morgan fingerprint density at radius 3 is 2.97 bits per heavy atom. The number of hydrogen-bond donors (Lipinski definition) is 1. The number of ether oxygens (including phenoxy) is 3. The van der Waals surface area contributed by atoms with Crippen LogP contribution in [0.15, 0.2) is 11.6 Å². The largest absolute Gasteiger partial charge is 0.463 e. The Bertz CT molecular complexity index is 890. The number of pyridine rings is 1. The van der Waals surface area contributed by atoms with Crippen LogP contribution in [-0.2, 0) is 19.0 Å². The Morgan fingerprint density at radius 1 is 1.43 bits per heavy atom. The number of nitrogens with zero attached hydrogens (tertiary/aromatic N) is 3. The lowest BCUT2D eigenvalue weighted by Crippen LogP contribution is -2.37. The maximum Gasteiger partial charge on any atom is 0.335 e. The molecule has 0 amide bonds. The lowest BCUT2D eigenvalue weighted by atomic mass is 10.1. The highest BCUT2D eigenvalue weighted by atomic mass is 19.1. The van der Waals surface area contributed by atoms with Crippen LogP contribution in [0.4, 0.5) is 16.0 Å². The molecule has 0 aromatic carbocycles. The zero-order chi connectivity index (χ0) is 20.9. The van der Waals surface area contributed by atoms with Gasteiger partial charge in [-0.15, -0.1) is 0 Å². The van der Waals surface area contributed by atoms with Gasteiger partial charge in [-0.3, -0.25) is 0 Å². The fraction of sp³-hybridized carbons (Fsp3) is 0.619. The molecule has 0 bridgehead atoms. The number of fused-ring (bicyclic) bond motifs is 1. The van der Waals surface area contributed by atoms with E-state index in [-0.39, 0.29) is 12.1 Å². The molecule has 1 aromatic rings. The Hall–Kier alpha value is -2.23. The maximum absolute atomic E-state index is 15.1. The van der Waals surface area contributed by atoms with Gasteiger partial charge in [0.05, 0.1) is 38.0 Å². The summed E-state index contributed by atoms with van der Waals surface area (Å²) in [7, 11) is 0. The highest BCUT2D eigenvalue weighted by Gasteiger charge is 2.47. The molecule has 1 aliphatic carbocycles. The van der Waals surface area contributed by atoms with Gasteiger partial charge in [-0.1, -0.05) is 0 Å². The van der Waals surface area contributed by atoms with Crippen molar-refractivity contribution in [2.75, 3.05) is 49.2 Å². The van der Waals surface area contributed by atoms with Gasteiger partial charge in [-0.25, -0.2) is 14.2 Å². The van der Waals surface area contributed by atoms with Crippen LogP contribution in [0, 0.1) is 5.82 Å². The highest BCUT2D eigenvalue weighted by Crippen LogP contribution is 2.41. The molecule has 30 heavy (non-hydrogen) atoms. The first-order valence-corrected chi connectivity index (χ1v) is 10.6. The fourth-order valence-corrected chi connectivity index (χ4v) is 4.45. The van der Waals surface area contributed by atoms with Crippen molar-refractivity contribution in [2.45, 2.75) is 44.1 Å². The quantitative estimate of drug-likeness (QED) is 0.719. The van der Waals surface area contributed by atoms with Gasteiger partial charge < -0.3 is 29.7 Å². The predicted molar refractivity (Wildman–Crippen MR) is 109 cm³/mol. The average Bonchev–Trinajstić information content (AvgIpc) is 3.39. The molecular weight excluding hydrogens is 391 g/mol. The van der Waals surface area contributed by atoms with E-state index in [4.69, 9.17) is 24.9 Å². The van der Waals surface area contributed by atoms with Crippen molar-refractivity contribution in [3.05, 3.63) is 23.0 Å². The van der Waals surface area contributed by atoms with E-state index >= 15 is 4.39 Å². The van der Waals surface area contributed by atoms with E-state index in [1.54, 1.807) is 13.0 Å². The van der Waals surface area contributed by atoms with Crippen molar-refractivity contribution >= 4 is 23.7 Å². The molecule has 8 nitrogen and oxygen atoms in total. The number of halogens is 1. The number of carbonyl (C=O) groups excluding carboxylic acids is 1. The van der Waals surface area contributed by atoms with Gasteiger partial charge >= 0.3 is 5.97 Å². The third-order valence-electron chi connectivity index (χ3n) is 6.10. The molecule has 2 saturated heterocycles. The number of anilines is 2. The van der Waals surface area contributed by atoms with Gasteiger partial charge in [0.2, 0.25) is 0 Å². The van der Waals surface area contributed by atoms with Crippen LogP contribution in [0.1, 0.15) is 31.7 Å². The van der Waals surface area contributed by atoms with Gasteiger partial charge in [-0.2, -0.15) is 0 Å².